The number of carbonyl (C=O) groups is 1. The average molecular weight is 290 g/mol. The minimum atomic E-state index is -0.183. The van der Waals surface area contributed by atoms with Gasteiger partial charge in [-0.1, -0.05) is 47.6 Å². The van der Waals surface area contributed by atoms with Gasteiger partial charge in [-0.3, -0.25) is 0 Å². The number of benzene rings is 1. The third-order valence-electron chi connectivity index (χ3n) is 3.96. The number of phenolic OH excluding ortho intramolecular Hbond substituents is 1. The summed E-state index contributed by atoms with van der Waals surface area (Å²) in [5.74, 6) is 0.296. The van der Waals surface area contributed by atoms with Crippen LogP contribution in [0.3, 0.4) is 0 Å². The number of carbonyl (C=O) groups excluding carboxylic acids is 1. The van der Waals surface area contributed by atoms with Crippen LogP contribution in [0.1, 0.15) is 64.3 Å². The largest absolute Gasteiger partial charge is 0.507 e. The fourth-order valence-corrected chi connectivity index (χ4v) is 2.57. The van der Waals surface area contributed by atoms with Gasteiger partial charge in [-0.05, 0) is 28.0 Å². The zero-order valence-corrected chi connectivity index (χ0v) is 13.8. The average Bonchev–Trinajstić information content (AvgIpc) is 2.72. The Labute approximate surface area is 126 Å². The van der Waals surface area contributed by atoms with E-state index in [4.69, 9.17) is 0 Å². The molecule has 1 atom stereocenters. The van der Waals surface area contributed by atoms with E-state index >= 15 is 0 Å². The molecule has 116 valence electrons. The van der Waals surface area contributed by atoms with Gasteiger partial charge >= 0.3 is 6.03 Å². The van der Waals surface area contributed by atoms with Crippen molar-refractivity contribution in [3.63, 3.8) is 0 Å². The second-order valence-corrected chi connectivity index (χ2v) is 7.87. The van der Waals surface area contributed by atoms with Crippen LogP contribution in [0.4, 0.5) is 4.79 Å². The van der Waals surface area contributed by atoms with Crippen molar-refractivity contribution in [1.29, 1.82) is 0 Å². The summed E-state index contributed by atoms with van der Waals surface area (Å²) >= 11 is 0. The molecule has 0 saturated carbocycles. The maximum Gasteiger partial charge on any atom is 0.315 e. The van der Waals surface area contributed by atoms with Crippen LogP contribution in [0, 0.1) is 0 Å². The first-order valence-electron chi connectivity index (χ1n) is 7.42. The van der Waals surface area contributed by atoms with Gasteiger partial charge in [0.05, 0.1) is 6.04 Å². The molecule has 1 heterocycles. The highest BCUT2D eigenvalue weighted by Gasteiger charge is 2.30. The lowest BCUT2D eigenvalue weighted by Gasteiger charge is -2.28. The number of phenols is 1. The molecule has 1 fully saturated rings. The van der Waals surface area contributed by atoms with Crippen molar-refractivity contribution in [3.05, 3.63) is 28.8 Å². The van der Waals surface area contributed by atoms with E-state index in [0.717, 1.165) is 11.1 Å². The summed E-state index contributed by atoms with van der Waals surface area (Å²) in [7, 11) is 0. The van der Waals surface area contributed by atoms with Crippen molar-refractivity contribution in [3.8, 4) is 5.75 Å². The summed E-state index contributed by atoms with van der Waals surface area (Å²) in [6.07, 6.45) is 0. The van der Waals surface area contributed by atoms with Gasteiger partial charge in [0.25, 0.3) is 0 Å². The van der Waals surface area contributed by atoms with Crippen molar-refractivity contribution >= 4 is 6.03 Å². The van der Waals surface area contributed by atoms with Gasteiger partial charge in [-0.25, -0.2) is 4.79 Å². The predicted molar refractivity (Wildman–Crippen MR) is 84.8 cm³/mol. The van der Waals surface area contributed by atoms with E-state index in [2.05, 4.69) is 58.2 Å². The van der Waals surface area contributed by atoms with Gasteiger partial charge in [0.15, 0.2) is 0 Å². The molecule has 0 spiro atoms. The molecule has 1 aliphatic heterocycles. The summed E-state index contributed by atoms with van der Waals surface area (Å²) < 4.78 is 0. The smallest absolute Gasteiger partial charge is 0.315 e. The fourth-order valence-electron chi connectivity index (χ4n) is 2.57. The monoisotopic (exact) mass is 290 g/mol. The Morgan fingerprint density at radius 1 is 1.10 bits per heavy atom. The molecule has 0 aliphatic carbocycles. The molecule has 3 N–H and O–H groups in total. The molecule has 0 bridgehead atoms. The van der Waals surface area contributed by atoms with Crippen molar-refractivity contribution in [2.24, 2.45) is 0 Å². The highest BCUT2D eigenvalue weighted by Crippen LogP contribution is 2.40. The molecule has 0 unspecified atom stereocenters. The first-order chi connectivity index (χ1) is 9.50. The highest BCUT2D eigenvalue weighted by molar-refractivity contribution is 5.77. The molecular formula is C17H26N2O2. The van der Waals surface area contributed by atoms with Gasteiger partial charge in [0.2, 0.25) is 0 Å². The summed E-state index contributed by atoms with van der Waals surface area (Å²) in [6.45, 7) is 13.2. The Bertz CT molecular complexity index is 565. The van der Waals surface area contributed by atoms with Crippen molar-refractivity contribution in [1.82, 2.24) is 10.6 Å². The molecule has 1 aromatic rings. The van der Waals surface area contributed by atoms with Crippen LogP contribution in [0.5, 0.6) is 5.75 Å². The quantitative estimate of drug-likeness (QED) is 0.743. The Hall–Kier alpha value is -1.71. The van der Waals surface area contributed by atoms with Crippen LogP contribution in [0.2, 0.25) is 0 Å². The fraction of sp³-hybridized carbons (Fsp3) is 0.588. The maximum atomic E-state index is 11.4. The molecule has 0 radical (unpaired) electrons. The molecule has 4 heteroatoms. The number of hydrogen-bond acceptors (Lipinski definition) is 2. The lowest BCUT2D eigenvalue weighted by atomic mass is 9.78. The molecule has 4 nitrogen and oxygen atoms in total. The van der Waals surface area contributed by atoms with Gasteiger partial charge in [-0.2, -0.15) is 0 Å². The zero-order chi connectivity index (χ0) is 16.0. The lowest BCUT2D eigenvalue weighted by molar-refractivity contribution is 0.247. The molecule has 2 amide bonds. The summed E-state index contributed by atoms with van der Waals surface area (Å²) in [6, 6.07) is 3.74. The molecule has 1 aromatic carbocycles. The number of rotatable bonds is 1. The molecular weight excluding hydrogens is 264 g/mol. The van der Waals surface area contributed by atoms with E-state index in [9.17, 15) is 9.90 Å². The van der Waals surface area contributed by atoms with Gasteiger partial charge < -0.3 is 15.7 Å². The molecule has 1 saturated heterocycles. The molecule has 1 aliphatic rings. The topological polar surface area (TPSA) is 61.4 Å². The minimum Gasteiger partial charge on any atom is -0.507 e. The first-order valence-corrected chi connectivity index (χ1v) is 7.42. The standard InChI is InChI=1S/C17H26N2O2/c1-16(2,3)10-7-11(13-9-18-15(21)19-13)14(20)12(8-10)17(4,5)6/h7-8,13,20H,9H2,1-6H3,(H2,18,19,21)/t13-/m1/s1. The normalized spacial score (nSPS) is 19.3. The van der Waals surface area contributed by atoms with Gasteiger partial charge in [-0.15, -0.1) is 0 Å². The number of urea groups is 1. The maximum absolute atomic E-state index is 11.4. The van der Waals surface area contributed by atoms with Crippen molar-refractivity contribution < 1.29 is 9.90 Å². The Kier molecular flexibility index (Phi) is 3.68. The SMILES string of the molecule is CC(C)(C)c1cc([C@H]2CNC(=O)N2)c(O)c(C(C)(C)C)c1. The van der Waals surface area contributed by atoms with Crippen LogP contribution in [-0.4, -0.2) is 17.7 Å². The first kappa shape index (κ1) is 15.7. The van der Waals surface area contributed by atoms with Crippen LogP contribution < -0.4 is 10.6 Å². The van der Waals surface area contributed by atoms with Crippen LogP contribution in [-0.2, 0) is 10.8 Å². The third kappa shape index (κ3) is 3.14. The lowest BCUT2D eigenvalue weighted by Crippen LogP contribution is -2.23. The summed E-state index contributed by atoms with van der Waals surface area (Å²) in [5, 5.41) is 16.3. The minimum absolute atomic E-state index is 0.0154. The molecule has 21 heavy (non-hydrogen) atoms. The third-order valence-corrected chi connectivity index (χ3v) is 3.96. The zero-order valence-electron chi connectivity index (χ0n) is 13.8. The van der Waals surface area contributed by atoms with Crippen molar-refractivity contribution in [2.45, 2.75) is 58.4 Å². The van der Waals surface area contributed by atoms with Crippen LogP contribution in [0.15, 0.2) is 12.1 Å². The Morgan fingerprint density at radius 2 is 1.71 bits per heavy atom. The summed E-state index contributed by atoms with van der Waals surface area (Å²) in [5.41, 5.74) is 2.72. The van der Waals surface area contributed by atoms with E-state index in [1.165, 1.54) is 5.56 Å². The van der Waals surface area contributed by atoms with Crippen molar-refractivity contribution in [2.75, 3.05) is 6.54 Å². The highest BCUT2D eigenvalue weighted by atomic mass is 16.3. The van der Waals surface area contributed by atoms with Crippen LogP contribution >= 0.6 is 0 Å². The predicted octanol–water partition coefficient (Wildman–Crippen LogP) is 3.34. The van der Waals surface area contributed by atoms with Gasteiger partial charge in [0, 0.05) is 12.1 Å². The summed E-state index contributed by atoms with van der Waals surface area (Å²) in [4.78, 5) is 11.4. The van der Waals surface area contributed by atoms with Crippen LogP contribution in [0.25, 0.3) is 0 Å². The van der Waals surface area contributed by atoms with E-state index in [1.807, 2.05) is 6.07 Å². The number of nitrogens with one attached hydrogen (secondary N) is 2. The number of hydrogen-bond donors (Lipinski definition) is 3. The van der Waals surface area contributed by atoms with E-state index < -0.39 is 0 Å². The van der Waals surface area contributed by atoms with E-state index in [0.29, 0.717) is 12.3 Å². The molecule has 0 aromatic heterocycles. The molecule has 2 rings (SSSR count). The number of amides is 2. The van der Waals surface area contributed by atoms with E-state index in [1.54, 1.807) is 0 Å². The Balaban J connectivity index is 2.61. The van der Waals surface area contributed by atoms with E-state index in [-0.39, 0.29) is 22.9 Å². The second kappa shape index (κ2) is 4.93. The second-order valence-electron chi connectivity index (χ2n) is 7.87. The van der Waals surface area contributed by atoms with Gasteiger partial charge in [0.1, 0.15) is 5.75 Å². The number of aromatic hydroxyl groups is 1. The Morgan fingerprint density at radius 3 is 2.14 bits per heavy atom.